The van der Waals surface area contributed by atoms with E-state index in [1.54, 1.807) is 29.8 Å². The van der Waals surface area contributed by atoms with Crippen molar-refractivity contribution in [2.75, 3.05) is 0 Å². The number of halogens is 1. The minimum Gasteiger partial charge on any atom is -0.348 e. The van der Waals surface area contributed by atoms with Gasteiger partial charge >= 0.3 is 0 Å². The van der Waals surface area contributed by atoms with Gasteiger partial charge in [-0.15, -0.1) is 0 Å². The van der Waals surface area contributed by atoms with E-state index >= 15 is 0 Å². The number of carbonyl (C=O) groups is 1. The third kappa shape index (κ3) is 4.27. The molecule has 1 N–H and O–H groups in total. The zero-order valence-electron chi connectivity index (χ0n) is 16.5. The van der Waals surface area contributed by atoms with E-state index in [0.29, 0.717) is 22.9 Å². The summed E-state index contributed by atoms with van der Waals surface area (Å²) in [7, 11) is 0. The van der Waals surface area contributed by atoms with E-state index in [1.165, 1.54) is 12.1 Å². The smallest absolute Gasteiger partial charge is 0.258 e. The van der Waals surface area contributed by atoms with E-state index in [0.717, 1.165) is 5.56 Å². The molecule has 8 heteroatoms. The van der Waals surface area contributed by atoms with Crippen LogP contribution >= 0.6 is 0 Å². The number of hydrogen-bond donors (Lipinski definition) is 1. The standard InChI is InChI=1S/C22H20FN5O2/c1-14(16-6-4-3-5-7-16)24-20(29)13-28-12-19(25-15(28)2)21-26-22(30-27-21)17-8-10-18(23)11-9-17/h3-12,14H,13H2,1-2H3,(H,24,29)/t14-/m0/s1. The molecule has 2 aromatic heterocycles. The molecule has 7 nitrogen and oxygen atoms in total. The van der Waals surface area contributed by atoms with Crippen LogP contribution in [0.5, 0.6) is 0 Å². The third-order valence-electron chi connectivity index (χ3n) is 4.71. The lowest BCUT2D eigenvalue weighted by Gasteiger charge is -2.14. The minimum atomic E-state index is -0.340. The first-order valence-corrected chi connectivity index (χ1v) is 9.47. The number of rotatable bonds is 6. The summed E-state index contributed by atoms with van der Waals surface area (Å²) in [6.45, 7) is 3.87. The Hall–Kier alpha value is -3.81. The van der Waals surface area contributed by atoms with Crippen LogP contribution in [0.4, 0.5) is 4.39 Å². The van der Waals surface area contributed by atoms with Crippen molar-refractivity contribution in [1.29, 1.82) is 0 Å². The van der Waals surface area contributed by atoms with Gasteiger partial charge in [-0.3, -0.25) is 4.79 Å². The van der Waals surface area contributed by atoms with Gasteiger partial charge in [0, 0.05) is 11.8 Å². The van der Waals surface area contributed by atoms with E-state index in [9.17, 15) is 9.18 Å². The van der Waals surface area contributed by atoms with Crippen molar-refractivity contribution in [3.8, 4) is 23.0 Å². The second-order valence-electron chi connectivity index (χ2n) is 6.93. The summed E-state index contributed by atoms with van der Waals surface area (Å²) in [5.41, 5.74) is 2.14. The molecular weight excluding hydrogens is 385 g/mol. The molecule has 4 rings (SSSR count). The number of benzene rings is 2. The topological polar surface area (TPSA) is 85.8 Å². The van der Waals surface area contributed by atoms with E-state index < -0.39 is 0 Å². The van der Waals surface area contributed by atoms with Gasteiger partial charge in [0.2, 0.25) is 11.7 Å². The van der Waals surface area contributed by atoms with Crippen molar-refractivity contribution in [2.24, 2.45) is 0 Å². The predicted molar refractivity (Wildman–Crippen MR) is 109 cm³/mol. The summed E-state index contributed by atoms with van der Waals surface area (Å²) < 4.78 is 20.1. The Morgan fingerprint density at radius 3 is 2.60 bits per heavy atom. The highest BCUT2D eigenvalue weighted by molar-refractivity contribution is 5.76. The molecule has 0 radical (unpaired) electrons. The van der Waals surface area contributed by atoms with Crippen LogP contribution < -0.4 is 5.32 Å². The Labute approximate surface area is 172 Å². The molecule has 152 valence electrons. The highest BCUT2D eigenvalue weighted by Gasteiger charge is 2.16. The maximum atomic E-state index is 13.1. The van der Waals surface area contributed by atoms with Gasteiger partial charge in [0.15, 0.2) is 0 Å². The molecule has 0 spiro atoms. The second-order valence-corrected chi connectivity index (χ2v) is 6.93. The molecule has 4 aromatic rings. The Kier molecular flexibility index (Phi) is 5.38. The number of nitrogens with one attached hydrogen (secondary N) is 1. The SMILES string of the molecule is Cc1nc(-c2noc(-c3ccc(F)cc3)n2)cn1CC(=O)N[C@@H](C)c1ccccc1. The highest BCUT2D eigenvalue weighted by Crippen LogP contribution is 2.22. The van der Waals surface area contributed by atoms with Crippen molar-refractivity contribution in [1.82, 2.24) is 25.0 Å². The Morgan fingerprint density at radius 2 is 1.87 bits per heavy atom. The summed E-state index contributed by atoms with van der Waals surface area (Å²) in [5.74, 6) is 0.757. The van der Waals surface area contributed by atoms with Crippen LogP contribution in [-0.2, 0) is 11.3 Å². The summed E-state index contributed by atoms with van der Waals surface area (Å²) in [5, 5.41) is 6.93. The number of nitrogens with zero attached hydrogens (tertiary/aromatic N) is 4. The van der Waals surface area contributed by atoms with Gasteiger partial charge in [-0.05, 0) is 43.7 Å². The molecule has 0 aliphatic rings. The number of carbonyl (C=O) groups excluding carboxylic acids is 1. The van der Waals surface area contributed by atoms with E-state index in [-0.39, 0.29) is 30.2 Å². The molecule has 0 saturated carbocycles. The maximum absolute atomic E-state index is 13.1. The Balaban J connectivity index is 1.46. The van der Waals surface area contributed by atoms with E-state index in [1.807, 2.05) is 37.3 Å². The predicted octanol–water partition coefficient (Wildman–Crippen LogP) is 3.93. The molecule has 2 heterocycles. The lowest BCUT2D eigenvalue weighted by molar-refractivity contribution is -0.122. The zero-order chi connectivity index (χ0) is 21.1. The first-order valence-electron chi connectivity index (χ1n) is 9.47. The van der Waals surface area contributed by atoms with Crippen LogP contribution in [0.3, 0.4) is 0 Å². The molecule has 1 amide bonds. The van der Waals surface area contributed by atoms with Crippen LogP contribution in [0.2, 0.25) is 0 Å². The Bertz CT molecular complexity index is 1150. The molecule has 0 bridgehead atoms. The summed E-state index contributed by atoms with van der Waals surface area (Å²) in [6.07, 6.45) is 1.71. The van der Waals surface area contributed by atoms with Crippen LogP contribution in [0.25, 0.3) is 23.0 Å². The van der Waals surface area contributed by atoms with Crippen LogP contribution in [0, 0.1) is 12.7 Å². The van der Waals surface area contributed by atoms with Crippen molar-refractivity contribution in [3.05, 3.63) is 78.0 Å². The molecule has 0 aliphatic carbocycles. The summed E-state index contributed by atoms with van der Waals surface area (Å²) >= 11 is 0. The monoisotopic (exact) mass is 405 g/mol. The Morgan fingerprint density at radius 1 is 1.13 bits per heavy atom. The molecular formula is C22H20FN5O2. The summed E-state index contributed by atoms with van der Waals surface area (Å²) in [6, 6.07) is 15.4. The van der Waals surface area contributed by atoms with Gasteiger partial charge in [-0.25, -0.2) is 9.37 Å². The molecule has 2 aromatic carbocycles. The minimum absolute atomic E-state index is 0.0996. The number of amides is 1. The van der Waals surface area contributed by atoms with Gasteiger partial charge in [0.05, 0.1) is 6.04 Å². The molecule has 0 saturated heterocycles. The molecule has 1 atom stereocenters. The maximum Gasteiger partial charge on any atom is 0.258 e. The van der Waals surface area contributed by atoms with Crippen molar-refractivity contribution < 1.29 is 13.7 Å². The second kappa shape index (κ2) is 8.28. The van der Waals surface area contributed by atoms with Crippen LogP contribution in [0.1, 0.15) is 24.4 Å². The number of aromatic nitrogens is 4. The van der Waals surface area contributed by atoms with Gasteiger partial charge in [0.25, 0.3) is 5.89 Å². The number of hydrogen-bond acceptors (Lipinski definition) is 5. The van der Waals surface area contributed by atoms with Crippen LogP contribution in [-0.4, -0.2) is 25.6 Å². The lowest BCUT2D eigenvalue weighted by atomic mass is 10.1. The lowest BCUT2D eigenvalue weighted by Crippen LogP contribution is -2.30. The first kappa shape index (κ1) is 19.5. The van der Waals surface area contributed by atoms with Gasteiger partial charge in [-0.1, -0.05) is 35.5 Å². The number of imidazole rings is 1. The molecule has 0 fully saturated rings. The average Bonchev–Trinajstić information content (AvgIpc) is 3.36. The summed E-state index contributed by atoms with van der Waals surface area (Å²) in [4.78, 5) is 21.2. The molecule has 0 aliphatic heterocycles. The van der Waals surface area contributed by atoms with E-state index in [4.69, 9.17) is 4.52 Å². The van der Waals surface area contributed by atoms with Gasteiger partial charge in [-0.2, -0.15) is 4.98 Å². The van der Waals surface area contributed by atoms with Gasteiger partial charge in [0.1, 0.15) is 23.9 Å². The van der Waals surface area contributed by atoms with Crippen LogP contribution in [0.15, 0.2) is 65.3 Å². The average molecular weight is 405 g/mol. The first-order chi connectivity index (χ1) is 14.5. The normalized spacial score (nSPS) is 12.0. The molecule has 0 unspecified atom stereocenters. The van der Waals surface area contributed by atoms with Crippen molar-refractivity contribution in [3.63, 3.8) is 0 Å². The fraction of sp³-hybridized carbons (Fsp3) is 0.182. The van der Waals surface area contributed by atoms with E-state index in [2.05, 4.69) is 20.4 Å². The third-order valence-corrected chi connectivity index (χ3v) is 4.71. The fourth-order valence-corrected chi connectivity index (χ4v) is 3.08. The zero-order valence-corrected chi connectivity index (χ0v) is 16.5. The van der Waals surface area contributed by atoms with Crippen molar-refractivity contribution >= 4 is 5.91 Å². The molecule has 30 heavy (non-hydrogen) atoms. The highest BCUT2D eigenvalue weighted by atomic mass is 19.1. The van der Waals surface area contributed by atoms with Crippen molar-refractivity contribution in [2.45, 2.75) is 26.4 Å². The number of aryl methyl sites for hydroxylation is 1. The quantitative estimate of drug-likeness (QED) is 0.525. The largest absolute Gasteiger partial charge is 0.348 e. The fourth-order valence-electron chi connectivity index (χ4n) is 3.08. The van der Waals surface area contributed by atoms with Gasteiger partial charge < -0.3 is 14.4 Å².